The van der Waals surface area contributed by atoms with Crippen LogP contribution in [-0.4, -0.2) is 4.98 Å². The lowest BCUT2D eigenvalue weighted by Gasteiger charge is -1.98. The van der Waals surface area contributed by atoms with Crippen molar-refractivity contribution in [3.63, 3.8) is 0 Å². The number of fused-ring (bicyclic) bond motifs is 1. The number of hydrogen-bond donors (Lipinski definition) is 0. The highest BCUT2D eigenvalue weighted by molar-refractivity contribution is 5.79. The Morgan fingerprint density at radius 3 is 2.64 bits per heavy atom. The van der Waals surface area contributed by atoms with Gasteiger partial charge in [-0.2, -0.15) is 0 Å². The minimum atomic E-state index is -0.245. The summed E-state index contributed by atoms with van der Waals surface area (Å²) in [6.07, 6.45) is 1.60. The molecule has 0 amide bonds. The molecule has 0 spiro atoms. The van der Waals surface area contributed by atoms with E-state index < -0.39 is 0 Å². The van der Waals surface area contributed by atoms with Crippen molar-refractivity contribution in [1.82, 2.24) is 4.98 Å². The number of aryl methyl sites for hydroxylation is 1. The fraction of sp³-hybridized carbons (Fsp3) is 0.250. The van der Waals surface area contributed by atoms with Gasteiger partial charge in [-0.3, -0.25) is 4.98 Å². The van der Waals surface area contributed by atoms with Crippen LogP contribution in [0.25, 0.3) is 10.9 Å². The molecule has 1 nitrogen and oxygen atoms in total. The Bertz CT molecular complexity index is 424. The van der Waals surface area contributed by atoms with E-state index in [1.54, 1.807) is 12.3 Å². The number of nitrogens with zero attached hydrogens (tertiary/aromatic N) is 1. The van der Waals surface area contributed by atoms with E-state index in [4.69, 9.17) is 0 Å². The lowest BCUT2D eigenvalue weighted by Crippen LogP contribution is -1.84. The van der Waals surface area contributed by atoms with Gasteiger partial charge < -0.3 is 0 Å². The van der Waals surface area contributed by atoms with E-state index in [0.29, 0.717) is 5.52 Å². The van der Waals surface area contributed by atoms with Gasteiger partial charge in [-0.1, -0.05) is 19.9 Å². The molecule has 1 aromatic carbocycles. The van der Waals surface area contributed by atoms with Gasteiger partial charge in [-0.25, -0.2) is 4.39 Å². The van der Waals surface area contributed by atoms with Crippen LogP contribution in [0.15, 0.2) is 30.5 Å². The quantitative estimate of drug-likeness (QED) is 0.618. The fourth-order valence-electron chi connectivity index (χ4n) is 1.29. The molecule has 0 atom stereocenters. The first-order valence-corrected chi connectivity index (χ1v) is 4.78. The molecule has 0 unspecified atom stereocenters. The molecule has 0 bridgehead atoms. The minimum absolute atomic E-state index is 0.245. The molecule has 0 saturated carbocycles. The van der Waals surface area contributed by atoms with Crippen molar-refractivity contribution in [3.8, 4) is 0 Å². The second kappa shape index (κ2) is 4.70. The van der Waals surface area contributed by atoms with Crippen LogP contribution in [0.2, 0.25) is 0 Å². The average Bonchev–Trinajstić information content (AvgIpc) is 2.20. The number of benzene rings is 1. The highest BCUT2D eigenvalue weighted by Gasteiger charge is 2.00. The van der Waals surface area contributed by atoms with Crippen molar-refractivity contribution >= 4 is 10.9 Å². The van der Waals surface area contributed by atoms with Crippen LogP contribution in [0.5, 0.6) is 0 Å². The van der Waals surface area contributed by atoms with E-state index in [0.717, 1.165) is 10.9 Å². The van der Waals surface area contributed by atoms with Gasteiger partial charge >= 0.3 is 0 Å². The second-order valence-corrected chi connectivity index (χ2v) is 2.82. The van der Waals surface area contributed by atoms with Crippen LogP contribution in [-0.2, 0) is 0 Å². The van der Waals surface area contributed by atoms with E-state index in [-0.39, 0.29) is 5.82 Å². The maximum absolute atomic E-state index is 13.2. The summed E-state index contributed by atoms with van der Waals surface area (Å²) < 4.78 is 13.2. The van der Waals surface area contributed by atoms with Crippen LogP contribution >= 0.6 is 0 Å². The molecular formula is C12H14FN. The molecule has 0 aliphatic carbocycles. The van der Waals surface area contributed by atoms with Gasteiger partial charge in [-0.05, 0) is 30.7 Å². The summed E-state index contributed by atoms with van der Waals surface area (Å²) >= 11 is 0. The third-order valence-corrected chi connectivity index (χ3v) is 1.80. The summed E-state index contributed by atoms with van der Waals surface area (Å²) in [5.74, 6) is -0.245. The number of halogens is 1. The fourth-order valence-corrected chi connectivity index (χ4v) is 1.29. The topological polar surface area (TPSA) is 12.9 Å². The lowest BCUT2D eigenvalue weighted by atomic mass is 10.1. The van der Waals surface area contributed by atoms with Crippen molar-refractivity contribution in [1.29, 1.82) is 0 Å². The smallest absolute Gasteiger partial charge is 0.149 e. The maximum atomic E-state index is 13.2. The first kappa shape index (κ1) is 10.6. The SMILES string of the molecule is CC.Cc1cc(F)c2ncccc2c1. The third-order valence-electron chi connectivity index (χ3n) is 1.80. The molecule has 0 aliphatic rings. The molecule has 0 radical (unpaired) electrons. The normalized spacial score (nSPS) is 9.43. The van der Waals surface area contributed by atoms with Crippen molar-refractivity contribution in [2.45, 2.75) is 20.8 Å². The maximum Gasteiger partial charge on any atom is 0.149 e. The van der Waals surface area contributed by atoms with E-state index in [1.165, 1.54) is 6.07 Å². The Morgan fingerprint density at radius 1 is 1.21 bits per heavy atom. The largest absolute Gasteiger partial charge is 0.253 e. The van der Waals surface area contributed by atoms with Crippen LogP contribution < -0.4 is 0 Å². The summed E-state index contributed by atoms with van der Waals surface area (Å²) in [6.45, 7) is 5.87. The molecule has 74 valence electrons. The van der Waals surface area contributed by atoms with Crippen LogP contribution in [0.3, 0.4) is 0 Å². The zero-order chi connectivity index (χ0) is 10.6. The zero-order valence-corrected chi connectivity index (χ0v) is 8.71. The van der Waals surface area contributed by atoms with E-state index in [1.807, 2.05) is 32.9 Å². The van der Waals surface area contributed by atoms with E-state index in [2.05, 4.69) is 4.98 Å². The van der Waals surface area contributed by atoms with Crippen LogP contribution in [0.1, 0.15) is 19.4 Å². The predicted molar refractivity (Wildman–Crippen MR) is 57.8 cm³/mol. The van der Waals surface area contributed by atoms with E-state index >= 15 is 0 Å². The van der Waals surface area contributed by atoms with Crippen molar-refractivity contribution in [2.24, 2.45) is 0 Å². The Hall–Kier alpha value is -1.44. The molecule has 2 aromatic rings. The Kier molecular flexibility index (Phi) is 3.57. The van der Waals surface area contributed by atoms with Gasteiger partial charge in [0.05, 0.1) is 0 Å². The number of hydrogen-bond acceptors (Lipinski definition) is 1. The Balaban J connectivity index is 0.000000461. The molecule has 1 heterocycles. The molecule has 2 heteroatoms. The molecule has 1 aromatic heterocycles. The molecular weight excluding hydrogens is 177 g/mol. The summed E-state index contributed by atoms with van der Waals surface area (Å²) in [5, 5.41) is 0.856. The molecule has 0 saturated heterocycles. The predicted octanol–water partition coefficient (Wildman–Crippen LogP) is 3.71. The highest BCUT2D eigenvalue weighted by Crippen LogP contribution is 2.16. The van der Waals surface area contributed by atoms with Gasteiger partial charge in [0.15, 0.2) is 0 Å². The van der Waals surface area contributed by atoms with Crippen LogP contribution in [0, 0.1) is 12.7 Å². The second-order valence-electron chi connectivity index (χ2n) is 2.82. The zero-order valence-electron chi connectivity index (χ0n) is 8.71. The van der Waals surface area contributed by atoms with Gasteiger partial charge in [0, 0.05) is 11.6 Å². The molecule has 0 N–H and O–H groups in total. The Labute approximate surface area is 83.6 Å². The standard InChI is InChI=1S/C10H8FN.C2H6/c1-7-5-8-3-2-4-12-10(8)9(11)6-7;1-2/h2-6H,1H3;1-2H3. The molecule has 2 rings (SSSR count). The van der Waals surface area contributed by atoms with Gasteiger partial charge in [0.1, 0.15) is 11.3 Å². The monoisotopic (exact) mass is 191 g/mol. The first-order valence-electron chi connectivity index (χ1n) is 4.78. The minimum Gasteiger partial charge on any atom is -0.253 e. The lowest BCUT2D eigenvalue weighted by molar-refractivity contribution is 0.635. The van der Waals surface area contributed by atoms with Gasteiger partial charge in [0.25, 0.3) is 0 Å². The third kappa shape index (κ3) is 2.08. The summed E-state index contributed by atoms with van der Waals surface area (Å²) in [5.41, 5.74) is 1.37. The molecule has 14 heavy (non-hydrogen) atoms. The summed E-state index contributed by atoms with van der Waals surface area (Å²) in [4.78, 5) is 3.95. The average molecular weight is 191 g/mol. The van der Waals surface area contributed by atoms with Crippen LogP contribution in [0.4, 0.5) is 4.39 Å². The Morgan fingerprint density at radius 2 is 1.93 bits per heavy atom. The highest BCUT2D eigenvalue weighted by atomic mass is 19.1. The number of pyridine rings is 1. The van der Waals surface area contributed by atoms with Crippen molar-refractivity contribution in [3.05, 3.63) is 41.8 Å². The van der Waals surface area contributed by atoms with Crippen molar-refractivity contribution in [2.75, 3.05) is 0 Å². The van der Waals surface area contributed by atoms with E-state index in [9.17, 15) is 4.39 Å². The van der Waals surface area contributed by atoms with Gasteiger partial charge in [-0.15, -0.1) is 0 Å². The van der Waals surface area contributed by atoms with Gasteiger partial charge in [0.2, 0.25) is 0 Å². The molecule has 0 fully saturated rings. The first-order chi connectivity index (χ1) is 6.77. The summed E-state index contributed by atoms with van der Waals surface area (Å²) in [7, 11) is 0. The summed E-state index contributed by atoms with van der Waals surface area (Å²) in [6, 6.07) is 7.08. The molecule has 0 aliphatic heterocycles. The number of rotatable bonds is 0. The van der Waals surface area contributed by atoms with Crippen molar-refractivity contribution < 1.29 is 4.39 Å². The number of aromatic nitrogens is 1.